The third kappa shape index (κ3) is 3.37. The summed E-state index contributed by atoms with van der Waals surface area (Å²) in [4.78, 5) is 25.4. The lowest BCUT2D eigenvalue weighted by molar-refractivity contribution is -0.132. The summed E-state index contributed by atoms with van der Waals surface area (Å²) >= 11 is 0. The molecule has 0 aromatic heterocycles. The van der Waals surface area contributed by atoms with Crippen LogP contribution in [0.3, 0.4) is 0 Å². The topological polar surface area (TPSA) is 87.5 Å². The van der Waals surface area contributed by atoms with Crippen molar-refractivity contribution in [2.75, 3.05) is 26.2 Å². The van der Waals surface area contributed by atoms with Crippen molar-refractivity contribution in [2.24, 2.45) is 17.6 Å². The summed E-state index contributed by atoms with van der Waals surface area (Å²) in [7, 11) is 0. The van der Waals surface area contributed by atoms with Gasteiger partial charge in [-0.2, -0.15) is 0 Å². The van der Waals surface area contributed by atoms with Gasteiger partial charge in [-0.15, -0.1) is 0 Å². The molecule has 2 heterocycles. The first-order valence-electron chi connectivity index (χ1n) is 7.17. The normalized spacial score (nSPS) is 27.1. The van der Waals surface area contributed by atoms with Gasteiger partial charge in [0.1, 0.15) is 6.04 Å². The minimum Gasteiger partial charge on any atom is -0.352 e. The number of unbranched alkanes of at least 4 members (excludes halogenated alkanes) is 1. The summed E-state index contributed by atoms with van der Waals surface area (Å²) in [5, 5.41) is 5.94. The lowest BCUT2D eigenvalue weighted by Gasteiger charge is -2.24. The number of primary amides is 1. The number of nitrogens with one attached hydrogen (secondary N) is 2. The Kier molecular flexibility index (Phi) is 4.63. The van der Waals surface area contributed by atoms with Gasteiger partial charge < -0.3 is 21.3 Å². The highest BCUT2D eigenvalue weighted by atomic mass is 16.2. The minimum absolute atomic E-state index is 0.0293. The maximum Gasteiger partial charge on any atom is 0.312 e. The third-order valence-corrected chi connectivity index (χ3v) is 4.16. The van der Waals surface area contributed by atoms with Crippen LogP contribution >= 0.6 is 0 Å². The van der Waals surface area contributed by atoms with Crippen LogP contribution in [0.4, 0.5) is 4.79 Å². The monoisotopic (exact) mass is 268 g/mol. The summed E-state index contributed by atoms with van der Waals surface area (Å²) in [5.74, 6) is 1.18. The molecule has 0 aromatic carbocycles. The average molecular weight is 268 g/mol. The summed E-state index contributed by atoms with van der Waals surface area (Å²) in [6, 6.07) is -1.07. The first-order valence-corrected chi connectivity index (χ1v) is 7.17. The van der Waals surface area contributed by atoms with Gasteiger partial charge in [0.25, 0.3) is 0 Å². The zero-order valence-electron chi connectivity index (χ0n) is 11.5. The van der Waals surface area contributed by atoms with Crippen LogP contribution in [0.25, 0.3) is 0 Å². The van der Waals surface area contributed by atoms with E-state index in [0.29, 0.717) is 18.3 Å². The second-order valence-corrected chi connectivity index (χ2v) is 5.63. The summed E-state index contributed by atoms with van der Waals surface area (Å²) < 4.78 is 0. The Balaban J connectivity index is 1.92. The molecule has 2 aliphatic heterocycles. The van der Waals surface area contributed by atoms with Crippen molar-refractivity contribution in [3.8, 4) is 0 Å². The predicted molar refractivity (Wildman–Crippen MR) is 72.5 cm³/mol. The maximum absolute atomic E-state index is 12.5. The number of carbonyl (C=O) groups excluding carboxylic acids is 2. The van der Waals surface area contributed by atoms with Gasteiger partial charge in [-0.3, -0.25) is 4.79 Å². The lowest BCUT2D eigenvalue weighted by Crippen LogP contribution is -2.50. The number of likely N-dealkylation sites (tertiary alicyclic amines) is 1. The minimum atomic E-state index is -0.615. The van der Waals surface area contributed by atoms with Crippen molar-refractivity contribution in [2.45, 2.75) is 32.2 Å². The predicted octanol–water partition coefficient (Wildman–Crippen LogP) is -0.109. The molecule has 2 rings (SSSR count). The standard InChI is InChI=1S/C13H24N4O2/c1-2-3-4-11(16-13(14)19)12(18)17-7-9-5-15-6-10(9)8-17/h9-11,15H,2-8H2,1H3,(H3,14,16,19)/t9-,10+,11?. The molecular formula is C13H24N4O2. The average Bonchev–Trinajstić information content (AvgIpc) is 2.93. The molecule has 0 aliphatic carbocycles. The molecule has 6 nitrogen and oxygen atoms in total. The van der Waals surface area contributed by atoms with Crippen molar-refractivity contribution < 1.29 is 9.59 Å². The van der Waals surface area contributed by atoms with Gasteiger partial charge in [0.15, 0.2) is 0 Å². The Labute approximate surface area is 114 Å². The van der Waals surface area contributed by atoms with E-state index >= 15 is 0 Å². The van der Waals surface area contributed by atoms with Gasteiger partial charge in [-0.25, -0.2) is 4.79 Å². The highest BCUT2D eigenvalue weighted by Crippen LogP contribution is 2.27. The molecule has 2 saturated heterocycles. The van der Waals surface area contributed by atoms with Crippen LogP contribution in [-0.4, -0.2) is 49.1 Å². The molecule has 3 atom stereocenters. The number of amides is 3. The SMILES string of the molecule is CCCCC(NC(N)=O)C(=O)N1C[C@H]2CNC[C@H]2C1. The fourth-order valence-electron chi connectivity index (χ4n) is 3.09. The Hall–Kier alpha value is -1.30. The number of nitrogens with two attached hydrogens (primary N) is 1. The molecular weight excluding hydrogens is 244 g/mol. The Morgan fingerprint density at radius 2 is 2.00 bits per heavy atom. The quantitative estimate of drug-likeness (QED) is 0.650. The largest absolute Gasteiger partial charge is 0.352 e. The van der Waals surface area contributed by atoms with Gasteiger partial charge in [-0.1, -0.05) is 19.8 Å². The molecule has 108 valence electrons. The zero-order valence-corrected chi connectivity index (χ0v) is 11.5. The highest BCUT2D eigenvalue weighted by Gasteiger charge is 2.39. The fourth-order valence-corrected chi connectivity index (χ4v) is 3.09. The molecule has 2 fully saturated rings. The first kappa shape index (κ1) is 14.1. The Morgan fingerprint density at radius 1 is 1.37 bits per heavy atom. The van der Waals surface area contributed by atoms with Gasteiger partial charge in [-0.05, 0) is 18.3 Å². The zero-order chi connectivity index (χ0) is 13.8. The Bertz CT molecular complexity index is 336. The molecule has 1 unspecified atom stereocenters. The van der Waals surface area contributed by atoms with Gasteiger partial charge in [0.05, 0.1) is 0 Å². The molecule has 19 heavy (non-hydrogen) atoms. The van der Waals surface area contributed by atoms with Crippen LogP contribution in [0.15, 0.2) is 0 Å². The molecule has 0 saturated carbocycles. The van der Waals surface area contributed by atoms with E-state index < -0.39 is 12.1 Å². The molecule has 0 aromatic rings. The number of hydrogen-bond donors (Lipinski definition) is 3. The van der Waals surface area contributed by atoms with Crippen molar-refractivity contribution in [3.63, 3.8) is 0 Å². The summed E-state index contributed by atoms with van der Waals surface area (Å²) in [6.07, 6.45) is 2.58. The number of rotatable bonds is 5. The maximum atomic E-state index is 12.5. The van der Waals surface area contributed by atoms with E-state index in [1.165, 1.54) is 0 Å². The van der Waals surface area contributed by atoms with E-state index in [2.05, 4.69) is 17.6 Å². The van der Waals surface area contributed by atoms with Gasteiger partial charge in [0.2, 0.25) is 5.91 Å². The van der Waals surface area contributed by atoms with E-state index in [1.54, 1.807) is 0 Å². The Morgan fingerprint density at radius 3 is 2.53 bits per heavy atom. The van der Waals surface area contributed by atoms with Crippen molar-refractivity contribution in [3.05, 3.63) is 0 Å². The molecule has 0 bridgehead atoms. The van der Waals surface area contributed by atoms with Crippen LogP contribution in [0, 0.1) is 11.8 Å². The number of carbonyl (C=O) groups is 2. The van der Waals surface area contributed by atoms with Crippen molar-refractivity contribution >= 4 is 11.9 Å². The van der Waals surface area contributed by atoms with E-state index in [9.17, 15) is 9.59 Å². The number of hydrogen-bond acceptors (Lipinski definition) is 3. The second-order valence-electron chi connectivity index (χ2n) is 5.63. The van der Waals surface area contributed by atoms with Crippen LogP contribution in [-0.2, 0) is 4.79 Å². The van der Waals surface area contributed by atoms with E-state index in [0.717, 1.165) is 39.0 Å². The highest BCUT2D eigenvalue weighted by molar-refractivity contribution is 5.86. The molecule has 0 radical (unpaired) electrons. The van der Waals surface area contributed by atoms with Crippen molar-refractivity contribution in [1.82, 2.24) is 15.5 Å². The number of fused-ring (bicyclic) bond motifs is 1. The van der Waals surface area contributed by atoms with Crippen LogP contribution in [0.2, 0.25) is 0 Å². The molecule has 0 spiro atoms. The second kappa shape index (κ2) is 6.23. The third-order valence-electron chi connectivity index (χ3n) is 4.16. The smallest absolute Gasteiger partial charge is 0.312 e. The number of nitrogens with zero attached hydrogens (tertiary/aromatic N) is 1. The number of urea groups is 1. The lowest BCUT2D eigenvalue weighted by atomic mass is 10.0. The van der Waals surface area contributed by atoms with Gasteiger partial charge >= 0.3 is 6.03 Å². The van der Waals surface area contributed by atoms with Gasteiger partial charge in [0, 0.05) is 26.2 Å². The summed E-state index contributed by atoms with van der Waals surface area (Å²) in [5.41, 5.74) is 5.16. The van der Waals surface area contributed by atoms with Crippen LogP contribution < -0.4 is 16.4 Å². The first-order chi connectivity index (χ1) is 9.11. The van der Waals surface area contributed by atoms with E-state index in [-0.39, 0.29) is 5.91 Å². The van der Waals surface area contributed by atoms with E-state index in [4.69, 9.17) is 5.73 Å². The van der Waals surface area contributed by atoms with E-state index in [1.807, 2.05) is 4.90 Å². The molecule has 4 N–H and O–H groups in total. The molecule has 6 heteroatoms. The summed E-state index contributed by atoms with van der Waals surface area (Å²) in [6.45, 7) is 5.67. The molecule has 2 aliphatic rings. The van der Waals surface area contributed by atoms with Crippen LogP contribution in [0.5, 0.6) is 0 Å². The fraction of sp³-hybridized carbons (Fsp3) is 0.846. The molecule has 3 amide bonds. The van der Waals surface area contributed by atoms with Crippen molar-refractivity contribution in [1.29, 1.82) is 0 Å². The van der Waals surface area contributed by atoms with Crippen LogP contribution in [0.1, 0.15) is 26.2 Å².